The number of nitrogens with one attached hydrogen (secondary N) is 2. The van der Waals surface area contributed by atoms with Gasteiger partial charge in [0.1, 0.15) is 5.75 Å². The van der Waals surface area contributed by atoms with Gasteiger partial charge in [0, 0.05) is 24.3 Å². The maximum Gasteiger partial charge on any atom is 0.214 e. The molecular formula is C18H30N2O3S. The molecule has 1 aromatic rings. The van der Waals surface area contributed by atoms with Gasteiger partial charge in [-0.05, 0) is 64.5 Å². The maximum atomic E-state index is 11.9. The van der Waals surface area contributed by atoms with Gasteiger partial charge < -0.3 is 10.1 Å². The van der Waals surface area contributed by atoms with E-state index in [-0.39, 0.29) is 11.3 Å². The fourth-order valence-corrected chi connectivity index (χ4v) is 3.95. The summed E-state index contributed by atoms with van der Waals surface area (Å²) < 4.78 is 32.2. The fourth-order valence-electron chi connectivity index (χ4n) is 2.98. The van der Waals surface area contributed by atoms with Gasteiger partial charge in [0.05, 0.1) is 11.9 Å². The zero-order chi connectivity index (χ0) is 17.6. The molecule has 0 aliphatic heterocycles. The van der Waals surface area contributed by atoms with Gasteiger partial charge in [0.2, 0.25) is 10.0 Å². The first kappa shape index (κ1) is 19.1. The van der Waals surface area contributed by atoms with E-state index in [1.54, 1.807) is 13.8 Å². The number of hydrogen-bond donors (Lipinski definition) is 2. The van der Waals surface area contributed by atoms with E-state index in [0.29, 0.717) is 12.5 Å². The van der Waals surface area contributed by atoms with Crippen molar-refractivity contribution < 1.29 is 13.2 Å². The van der Waals surface area contributed by atoms with Crippen molar-refractivity contribution in [3.05, 3.63) is 24.3 Å². The van der Waals surface area contributed by atoms with E-state index in [2.05, 4.69) is 10.0 Å². The highest BCUT2D eigenvalue weighted by atomic mass is 32.2. The minimum Gasteiger partial charge on any atom is -0.494 e. The second-order valence-corrected chi connectivity index (χ2v) is 9.04. The number of benzene rings is 1. The standard InChI is InChI=1S/C18H30N2O3S/c1-4-23-18-7-5-6-17(12-18)19-13-15-8-10-16(11-9-15)20-24(21,22)14(2)3/h5-7,12,14-16,19-20H,4,8-11,13H2,1-3H3. The molecule has 1 aliphatic carbocycles. The molecule has 5 nitrogen and oxygen atoms in total. The zero-order valence-corrected chi connectivity index (χ0v) is 15.7. The summed E-state index contributed by atoms with van der Waals surface area (Å²) in [6, 6.07) is 8.11. The normalized spacial score (nSPS) is 21.7. The zero-order valence-electron chi connectivity index (χ0n) is 14.9. The van der Waals surface area contributed by atoms with Crippen LogP contribution in [-0.4, -0.2) is 32.9 Å². The van der Waals surface area contributed by atoms with Crippen LogP contribution in [0.2, 0.25) is 0 Å². The average molecular weight is 355 g/mol. The second-order valence-electron chi connectivity index (χ2n) is 6.77. The third kappa shape index (κ3) is 5.67. The summed E-state index contributed by atoms with van der Waals surface area (Å²) in [7, 11) is -3.16. The van der Waals surface area contributed by atoms with E-state index in [0.717, 1.165) is 43.7 Å². The molecule has 2 rings (SSSR count). The van der Waals surface area contributed by atoms with Crippen LogP contribution in [0.15, 0.2) is 24.3 Å². The Balaban J connectivity index is 1.76. The molecule has 0 amide bonds. The molecule has 6 heteroatoms. The Morgan fingerprint density at radius 1 is 1.21 bits per heavy atom. The second kappa shape index (κ2) is 8.72. The lowest BCUT2D eigenvalue weighted by atomic mass is 9.86. The topological polar surface area (TPSA) is 67.4 Å². The number of anilines is 1. The summed E-state index contributed by atoms with van der Waals surface area (Å²) in [6.45, 7) is 6.99. The first-order valence-corrected chi connectivity index (χ1v) is 10.4. The monoisotopic (exact) mass is 354 g/mol. The summed E-state index contributed by atoms with van der Waals surface area (Å²) in [6.07, 6.45) is 3.92. The van der Waals surface area contributed by atoms with E-state index in [9.17, 15) is 8.42 Å². The molecule has 2 N–H and O–H groups in total. The van der Waals surface area contributed by atoms with Gasteiger partial charge in [-0.3, -0.25) is 0 Å². The molecule has 0 saturated heterocycles. The van der Waals surface area contributed by atoms with Crippen LogP contribution in [0.1, 0.15) is 46.5 Å². The summed E-state index contributed by atoms with van der Waals surface area (Å²) >= 11 is 0. The third-order valence-electron chi connectivity index (χ3n) is 4.54. The van der Waals surface area contributed by atoms with Crippen molar-refractivity contribution in [1.29, 1.82) is 0 Å². The molecule has 1 saturated carbocycles. The van der Waals surface area contributed by atoms with Crippen molar-refractivity contribution in [2.75, 3.05) is 18.5 Å². The van der Waals surface area contributed by atoms with Crippen molar-refractivity contribution in [3.8, 4) is 5.75 Å². The summed E-state index contributed by atoms with van der Waals surface area (Å²) in [5.74, 6) is 1.47. The van der Waals surface area contributed by atoms with Gasteiger partial charge in [0.25, 0.3) is 0 Å². The van der Waals surface area contributed by atoms with Gasteiger partial charge in [-0.2, -0.15) is 0 Å². The van der Waals surface area contributed by atoms with Crippen LogP contribution in [0.4, 0.5) is 5.69 Å². The predicted octanol–water partition coefficient (Wildman–Crippen LogP) is 3.38. The molecule has 1 aliphatic rings. The Morgan fingerprint density at radius 3 is 2.54 bits per heavy atom. The molecular weight excluding hydrogens is 324 g/mol. The lowest BCUT2D eigenvalue weighted by molar-refractivity contribution is 0.323. The SMILES string of the molecule is CCOc1cccc(NCC2CCC(NS(=O)(=O)C(C)C)CC2)c1. The van der Waals surface area contributed by atoms with Crippen LogP contribution in [0.25, 0.3) is 0 Å². The summed E-state index contributed by atoms with van der Waals surface area (Å²) in [5.41, 5.74) is 1.07. The molecule has 0 aromatic heterocycles. The van der Waals surface area contributed by atoms with Gasteiger partial charge in [-0.25, -0.2) is 13.1 Å². The van der Waals surface area contributed by atoms with E-state index >= 15 is 0 Å². The Kier molecular flexibility index (Phi) is 6.92. The number of hydrogen-bond acceptors (Lipinski definition) is 4. The molecule has 24 heavy (non-hydrogen) atoms. The molecule has 136 valence electrons. The highest BCUT2D eigenvalue weighted by Crippen LogP contribution is 2.26. The van der Waals surface area contributed by atoms with Crippen LogP contribution < -0.4 is 14.8 Å². The Hall–Kier alpha value is -1.27. The first-order chi connectivity index (χ1) is 11.4. The highest BCUT2D eigenvalue weighted by molar-refractivity contribution is 7.90. The number of ether oxygens (including phenoxy) is 1. The van der Waals surface area contributed by atoms with Crippen LogP contribution in [0.5, 0.6) is 5.75 Å². The molecule has 0 bridgehead atoms. The van der Waals surface area contributed by atoms with Crippen LogP contribution in [0, 0.1) is 5.92 Å². The Bertz CT molecular complexity index is 608. The highest BCUT2D eigenvalue weighted by Gasteiger charge is 2.26. The van der Waals surface area contributed by atoms with E-state index in [4.69, 9.17) is 4.74 Å². The fraction of sp³-hybridized carbons (Fsp3) is 0.667. The van der Waals surface area contributed by atoms with Crippen molar-refractivity contribution in [2.45, 2.75) is 57.7 Å². The molecule has 0 radical (unpaired) electrons. The first-order valence-electron chi connectivity index (χ1n) is 8.88. The summed E-state index contributed by atoms with van der Waals surface area (Å²) in [4.78, 5) is 0. The Morgan fingerprint density at radius 2 is 1.92 bits per heavy atom. The smallest absolute Gasteiger partial charge is 0.214 e. The largest absolute Gasteiger partial charge is 0.494 e. The van der Waals surface area contributed by atoms with Gasteiger partial charge >= 0.3 is 0 Å². The minimum absolute atomic E-state index is 0.0925. The van der Waals surface area contributed by atoms with E-state index in [1.807, 2.05) is 31.2 Å². The van der Waals surface area contributed by atoms with Crippen molar-refractivity contribution in [3.63, 3.8) is 0 Å². The van der Waals surface area contributed by atoms with Gasteiger partial charge in [-0.15, -0.1) is 0 Å². The van der Waals surface area contributed by atoms with Crippen molar-refractivity contribution in [2.24, 2.45) is 5.92 Å². The molecule has 0 heterocycles. The minimum atomic E-state index is -3.16. The predicted molar refractivity (Wildman–Crippen MR) is 99.0 cm³/mol. The molecule has 0 spiro atoms. The Labute approximate surface area is 146 Å². The van der Waals surface area contributed by atoms with Crippen LogP contribution >= 0.6 is 0 Å². The quantitative estimate of drug-likeness (QED) is 0.751. The molecule has 0 unspecified atom stereocenters. The van der Waals surface area contributed by atoms with Gasteiger partial charge in [-0.1, -0.05) is 6.07 Å². The lowest BCUT2D eigenvalue weighted by Crippen LogP contribution is -2.41. The summed E-state index contributed by atoms with van der Waals surface area (Å²) in [5, 5.41) is 3.11. The van der Waals surface area contributed by atoms with Crippen molar-refractivity contribution >= 4 is 15.7 Å². The van der Waals surface area contributed by atoms with Crippen LogP contribution in [-0.2, 0) is 10.0 Å². The lowest BCUT2D eigenvalue weighted by Gasteiger charge is -2.29. The van der Waals surface area contributed by atoms with Crippen LogP contribution in [0.3, 0.4) is 0 Å². The third-order valence-corrected chi connectivity index (χ3v) is 6.44. The number of rotatable bonds is 8. The van der Waals surface area contributed by atoms with Gasteiger partial charge in [0.15, 0.2) is 0 Å². The number of sulfonamides is 1. The van der Waals surface area contributed by atoms with E-state index in [1.165, 1.54) is 0 Å². The maximum absolute atomic E-state index is 11.9. The van der Waals surface area contributed by atoms with E-state index < -0.39 is 10.0 Å². The molecule has 1 fully saturated rings. The molecule has 1 aromatic carbocycles. The average Bonchev–Trinajstić information content (AvgIpc) is 2.54. The van der Waals surface area contributed by atoms with Crippen molar-refractivity contribution in [1.82, 2.24) is 4.72 Å². The molecule has 0 atom stereocenters.